The number of hydrogen-bond donors (Lipinski definition) is 4. The van der Waals surface area contributed by atoms with Crippen LogP contribution in [0.15, 0.2) is 67.4 Å². The Morgan fingerprint density at radius 2 is 1.74 bits per heavy atom. The first kappa shape index (κ1) is 35.9. The Balaban J connectivity index is 1.74. The molecule has 3 aromatic rings. The number of nitrogens with zero attached hydrogens (tertiary/aromatic N) is 3. The van der Waals surface area contributed by atoms with Crippen molar-refractivity contribution in [1.29, 1.82) is 0 Å². The van der Waals surface area contributed by atoms with Gasteiger partial charge < -0.3 is 35.2 Å². The van der Waals surface area contributed by atoms with E-state index in [2.05, 4.69) is 52.6 Å². The Labute approximate surface area is 279 Å². The summed E-state index contributed by atoms with van der Waals surface area (Å²) >= 11 is 0. The van der Waals surface area contributed by atoms with Crippen LogP contribution in [0.25, 0.3) is 27.9 Å². The van der Waals surface area contributed by atoms with Crippen LogP contribution < -0.4 is 10.6 Å². The number of carbonyl (C=O) groups excluding carboxylic acids is 2. The summed E-state index contributed by atoms with van der Waals surface area (Å²) in [6, 6.07) is 15.4. The van der Waals surface area contributed by atoms with Gasteiger partial charge in [-0.2, -0.15) is 0 Å². The van der Waals surface area contributed by atoms with Gasteiger partial charge in [-0.15, -0.1) is 0 Å². The molecule has 2 aromatic carbocycles. The van der Waals surface area contributed by atoms with Crippen molar-refractivity contribution in [2.24, 2.45) is 5.41 Å². The van der Waals surface area contributed by atoms with Gasteiger partial charge in [0, 0.05) is 48.0 Å². The lowest BCUT2D eigenvalue weighted by molar-refractivity contribution is -0.140. The lowest BCUT2D eigenvalue weighted by Gasteiger charge is -2.36. The maximum absolute atomic E-state index is 14.2. The largest absolute Gasteiger partial charge is 0.395 e. The number of hydrogen-bond acceptors (Lipinski definition) is 6. The van der Waals surface area contributed by atoms with E-state index in [1.165, 1.54) is 0 Å². The number of para-hydroxylation sites is 1. The molecule has 1 fully saturated rings. The van der Waals surface area contributed by atoms with Crippen LogP contribution in [-0.2, 0) is 22.6 Å². The summed E-state index contributed by atoms with van der Waals surface area (Å²) in [5.41, 5.74) is 6.21. The molecule has 2 amide bonds. The maximum atomic E-state index is 14.2. The molecule has 1 aromatic heterocycles. The summed E-state index contributed by atoms with van der Waals surface area (Å²) in [7, 11) is 1.73. The molecule has 1 unspecified atom stereocenters. The molecule has 2 heterocycles. The second-order valence-electron chi connectivity index (χ2n) is 13.7. The highest BCUT2D eigenvalue weighted by Gasteiger charge is 2.40. The third-order valence-corrected chi connectivity index (χ3v) is 9.33. The molecule has 9 nitrogen and oxygen atoms in total. The molecule has 4 N–H and O–H groups in total. The molecular weight excluding hydrogens is 590 g/mol. The van der Waals surface area contributed by atoms with Gasteiger partial charge in [0.2, 0.25) is 11.8 Å². The predicted octanol–water partition coefficient (Wildman–Crippen LogP) is 4.77. The van der Waals surface area contributed by atoms with Crippen LogP contribution in [0.5, 0.6) is 0 Å². The summed E-state index contributed by atoms with van der Waals surface area (Å²) in [5.74, 6) is -0.246. The fraction of sp³-hybridized carbons (Fsp3) is 0.474. The van der Waals surface area contributed by atoms with Crippen LogP contribution in [0.3, 0.4) is 0 Å². The molecule has 0 aliphatic carbocycles. The highest BCUT2D eigenvalue weighted by molar-refractivity contribution is 5.93. The van der Waals surface area contributed by atoms with E-state index < -0.39 is 17.5 Å². The van der Waals surface area contributed by atoms with Crippen LogP contribution in [0.4, 0.5) is 0 Å². The predicted molar refractivity (Wildman–Crippen MR) is 190 cm³/mol. The van der Waals surface area contributed by atoms with Crippen LogP contribution in [-0.4, -0.2) is 87.9 Å². The molecule has 0 saturated carbocycles. The smallest absolute Gasteiger partial charge is 0.245 e. The second-order valence-corrected chi connectivity index (χ2v) is 13.7. The number of rotatable bonds is 14. The molecule has 1 aliphatic rings. The van der Waals surface area contributed by atoms with E-state index in [4.69, 9.17) is 0 Å². The molecule has 9 heteroatoms. The number of benzene rings is 2. The highest BCUT2D eigenvalue weighted by atomic mass is 16.3. The van der Waals surface area contributed by atoms with Gasteiger partial charge in [0.05, 0.1) is 24.9 Å². The van der Waals surface area contributed by atoms with E-state index in [9.17, 15) is 19.8 Å². The number of carbonyl (C=O) groups is 2. The van der Waals surface area contributed by atoms with Crippen LogP contribution in [0, 0.1) is 5.41 Å². The van der Waals surface area contributed by atoms with Gasteiger partial charge in [-0.3, -0.25) is 9.59 Å². The van der Waals surface area contributed by atoms with Crippen molar-refractivity contribution in [3.63, 3.8) is 0 Å². The first-order valence-electron chi connectivity index (χ1n) is 16.7. The third kappa shape index (κ3) is 7.80. The van der Waals surface area contributed by atoms with E-state index in [1.807, 2.05) is 61.8 Å². The lowest BCUT2D eigenvalue weighted by atomic mass is 9.85. The van der Waals surface area contributed by atoms with E-state index >= 15 is 0 Å². The van der Waals surface area contributed by atoms with Crippen molar-refractivity contribution >= 4 is 28.4 Å². The van der Waals surface area contributed by atoms with E-state index in [0.29, 0.717) is 26.1 Å². The van der Waals surface area contributed by atoms with Crippen molar-refractivity contribution in [2.45, 2.75) is 78.6 Å². The average molecular weight is 644 g/mol. The normalized spacial score (nSPS) is 16.3. The van der Waals surface area contributed by atoms with Crippen LogP contribution in [0.2, 0.25) is 0 Å². The summed E-state index contributed by atoms with van der Waals surface area (Å²) in [6.45, 7) is 19.4. The van der Waals surface area contributed by atoms with Gasteiger partial charge in [-0.05, 0) is 68.3 Å². The molecule has 1 saturated heterocycles. The van der Waals surface area contributed by atoms with E-state index in [-0.39, 0.29) is 31.1 Å². The molecule has 1 aliphatic heterocycles. The van der Waals surface area contributed by atoms with Gasteiger partial charge in [-0.1, -0.05) is 76.4 Å². The molecule has 3 atom stereocenters. The highest BCUT2D eigenvalue weighted by Crippen LogP contribution is 2.38. The molecule has 0 radical (unpaired) electrons. The Hall–Kier alpha value is -3.92. The van der Waals surface area contributed by atoms with Gasteiger partial charge in [-0.25, -0.2) is 0 Å². The Kier molecular flexibility index (Phi) is 11.7. The Morgan fingerprint density at radius 3 is 2.34 bits per heavy atom. The number of aliphatic hydroxyl groups excluding tert-OH is 2. The van der Waals surface area contributed by atoms with Crippen molar-refractivity contribution < 1.29 is 19.8 Å². The van der Waals surface area contributed by atoms with E-state index in [1.54, 1.807) is 14.0 Å². The number of allylic oxidation sites excluding steroid dienone is 1. The number of likely N-dealkylation sites (N-methyl/N-ethyl adjacent to an activating group) is 1. The standard InChI is InChI=1S/C38H53N5O4/c1-25(2)41(20-22-44)27(4)28-15-17-29(18-16-28)34-32(31-13-9-10-14-33(31)43(34)21-23-45)24-30-12-11-19-42(30)37(47)35(38(5,6)7)40-36(46)26(3)39-8/h9-10,13-18,26,30,35,39,44-45H,1,4,11-12,19-24H2,2-3,5-8H3,(H,40,46)/t26-,30-,35?/m0/s1. The first-order chi connectivity index (χ1) is 22.3. The van der Waals surface area contributed by atoms with Crippen LogP contribution in [0.1, 0.15) is 58.6 Å². The molecule has 47 heavy (non-hydrogen) atoms. The minimum Gasteiger partial charge on any atom is -0.395 e. The summed E-state index contributed by atoms with van der Waals surface area (Å²) in [5, 5.41) is 26.8. The number of amides is 2. The van der Waals surface area contributed by atoms with Crippen molar-refractivity contribution in [3.05, 3.63) is 78.5 Å². The number of fused-ring (bicyclic) bond motifs is 1. The SMILES string of the molecule is C=C(C)N(CCO)C(=C)c1ccc(-c2c(C[C@@H]3CCCN3C(=O)C(NC(=O)[C@H](C)NC)C(C)(C)C)c3ccccc3n2CCO)cc1. The van der Waals surface area contributed by atoms with Crippen LogP contribution >= 0.6 is 0 Å². The molecule has 0 bridgehead atoms. The zero-order valence-electron chi connectivity index (χ0n) is 29.0. The van der Waals surface area contributed by atoms with Crippen molar-refractivity contribution in [2.75, 3.05) is 33.4 Å². The van der Waals surface area contributed by atoms with E-state index in [0.717, 1.165) is 57.5 Å². The quantitative estimate of drug-likeness (QED) is 0.202. The van der Waals surface area contributed by atoms with Gasteiger partial charge in [0.25, 0.3) is 0 Å². The maximum Gasteiger partial charge on any atom is 0.245 e. The number of likely N-dealkylation sites (tertiary alicyclic amines) is 1. The molecular formula is C38H53N5O4. The Morgan fingerprint density at radius 1 is 1.06 bits per heavy atom. The minimum atomic E-state index is -0.660. The fourth-order valence-electron chi connectivity index (χ4n) is 6.66. The topological polar surface area (TPSA) is 110 Å². The average Bonchev–Trinajstić information content (AvgIpc) is 3.63. The fourth-order valence-corrected chi connectivity index (χ4v) is 6.66. The number of aliphatic hydroxyl groups is 2. The number of nitrogens with one attached hydrogen (secondary N) is 2. The molecule has 254 valence electrons. The first-order valence-corrected chi connectivity index (χ1v) is 16.7. The monoisotopic (exact) mass is 643 g/mol. The lowest BCUT2D eigenvalue weighted by Crippen LogP contribution is -2.58. The van der Waals surface area contributed by atoms with Crippen molar-refractivity contribution in [3.8, 4) is 11.3 Å². The Bertz CT molecular complexity index is 1590. The van der Waals surface area contributed by atoms with Gasteiger partial charge in [0.1, 0.15) is 6.04 Å². The number of aromatic nitrogens is 1. The summed E-state index contributed by atoms with van der Waals surface area (Å²) < 4.78 is 2.18. The third-order valence-electron chi connectivity index (χ3n) is 9.33. The van der Waals surface area contributed by atoms with Gasteiger partial charge >= 0.3 is 0 Å². The molecule has 0 spiro atoms. The van der Waals surface area contributed by atoms with Gasteiger partial charge in [0.15, 0.2) is 0 Å². The second kappa shape index (κ2) is 15.3. The summed E-state index contributed by atoms with van der Waals surface area (Å²) in [6.07, 6.45) is 2.40. The summed E-state index contributed by atoms with van der Waals surface area (Å²) in [4.78, 5) is 31.0. The minimum absolute atomic E-state index is 0.00673. The zero-order chi connectivity index (χ0) is 34.5. The molecule has 4 rings (SSSR count). The zero-order valence-corrected chi connectivity index (χ0v) is 29.0. The van der Waals surface area contributed by atoms with Crippen molar-refractivity contribution in [1.82, 2.24) is 25.0 Å².